The molecular weight excluding hydrogens is 350 g/mol. The van der Waals surface area contributed by atoms with Gasteiger partial charge in [-0.05, 0) is 74.2 Å². The number of ether oxygens (including phenoxy) is 1. The first kappa shape index (κ1) is 21.3. The van der Waals surface area contributed by atoms with Gasteiger partial charge in [-0.2, -0.15) is 0 Å². The summed E-state index contributed by atoms with van der Waals surface area (Å²) < 4.78 is 6.05. The Bertz CT molecular complexity index is 628. The highest BCUT2D eigenvalue weighted by Gasteiger charge is 2.35. The maximum Gasteiger partial charge on any atom is 0.131 e. The smallest absolute Gasteiger partial charge is 0.131 e. The Morgan fingerprint density at radius 3 is 2.64 bits per heavy atom. The van der Waals surface area contributed by atoms with Gasteiger partial charge >= 0.3 is 0 Å². The van der Waals surface area contributed by atoms with E-state index in [0.717, 1.165) is 56.1 Å². The van der Waals surface area contributed by atoms with Crippen LogP contribution in [0.2, 0.25) is 0 Å². The van der Waals surface area contributed by atoms with Crippen molar-refractivity contribution in [3.63, 3.8) is 0 Å². The van der Waals surface area contributed by atoms with E-state index in [2.05, 4.69) is 29.2 Å². The van der Waals surface area contributed by atoms with Crippen LogP contribution in [-0.2, 0) is 4.74 Å². The molecule has 5 nitrogen and oxygen atoms in total. The van der Waals surface area contributed by atoms with E-state index in [1.54, 1.807) is 0 Å². The average Bonchev–Trinajstić information content (AvgIpc) is 2.73. The quantitative estimate of drug-likeness (QED) is 0.586. The maximum atomic E-state index is 11.1. The second-order valence-electron chi connectivity index (χ2n) is 8.61. The molecule has 1 aromatic carbocycles. The Hall–Kier alpha value is -1.46. The number of nitrogens with zero attached hydrogens (tertiary/aromatic N) is 2. The van der Waals surface area contributed by atoms with Crippen LogP contribution in [0.25, 0.3) is 0 Å². The molecule has 1 aliphatic heterocycles. The number of nitrogens with one attached hydrogen (secondary N) is 1. The van der Waals surface area contributed by atoms with Crippen molar-refractivity contribution in [2.24, 2.45) is 11.1 Å². The van der Waals surface area contributed by atoms with Gasteiger partial charge in [-0.15, -0.1) is 4.91 Å². The molecule has 3 atom stereocenters. The van der Waals surface area contributed by atoms with Crippen LogP contribution in [-0.4, -0.2) is 42.8 Å². The Balaban J connectivity index is 1.52. The molecule has 0 aromatic heterocycles. The summed E-state index contributed by atoms with van der Waals surface area (Å²) in [6.45, 7) is 9.74. The lowest BCUT2D eigenvalue weighted by atomic mass is 9.79. The van der Waals surface area contributed by atoms with Crippen LogP contribution in [0.15, 0.2) is 23.4 Å². The molecule has 0 bridgehead atoms. The molecule has 3 rings (SSSR count). The molecule has 156 valence electrons. The lowest BCUT2D eigenvalue weighted by Gasteiger charge is -2.45. The number of nitroso groups, excluding NO2 is 1. The van der Waals surface area contributed by atoms with E-state index in [9.17, 15) is 4.91 Å². The summed E-state index contributed by atoms with van der Waals surface area (Å²) in [4.78, 5) is 13.8. The summed E-state index contributed by atoms with van der Waals surface area (Å²) in [7, 11) is 0. The van der Waals surface area contributed by atoms with Gasteiger partial charge in [0.05, 0.1) is 11.8 Å². The van der Waals surface area contributed by atoms with E-state index in [1.165, 1.54) is 25.7 Å². The monoisotopic (exact) mass is 387 g/mol. The van der Waals surface area contributed by atoms with Gasteiger partial charge in [0, 0.05) is 31.8 Å². The molecule has 28 heavy (non-hydrogen) atoms. The zero-order valence-electron chi connectivity index (χ0n) is 17.8. The van der Waals surface area contributed by atoms with E-state index in [1.807, 2.05) is 25.1 Å². The van der Waals surface area contributed by atoms with Crippen LogP contribution in [0.1, 0.15) is 64.4 Å². The molecule has 0 amide bonds. The number of piperidine rings is 1. The summed E-state index contributed by atoms with van der Waals surface area (Å²) in [5.74, 6) is 0.753. The molecule has 0 unspecified atom stereocenters. The molecule has 2 aliphatic rings. The minimum atomic E-state index is 0.419. The predicted octanol–water partition coefficient (Wildman–Crippen LogP) is 5.64. The fraction of sp³-hybridized carbons (Fsp3) is 0.739. The molecular formula is C23H37N3O2. The number of hydrogen-bond donors (Lipinski definition) is 1. The standard InChI is InChI=1S/C23H37N3O2/c1-4-14-28-20-7-9-23(18(5-2)16-20)26-12-10-19(11-13-26)24-22-15-17(3)6-8-21(22)25-27/h6,8,15,18-20,23-24H,4-5,7,9-14,16H2,1-3H3/t18-,20-,23-/m0/s1. The van der Waals surface area contributed by atoms with Gasteiger partial charge < -0.3 is 10.1 Å². The second kappa shape index (κ2) is 10.4. The lowest BCUT2D eigenvalue weighted by molar-refractivity contribution is -0.0230. The second-order valence-corrected chi connectivity index (χ2v) is 8.61. The van der Waals surface area contributed by atoms with Gasteiger partial charge in [0.2, 0.25) is 0 Å². The first-order valence-electron chi connectivity index (χ1n) is 11.2. The van der Waals surface area contributed by atoms with E-state index in [4.69, 9.17) is 4.74 Å². The SMILES string of the molecule is CCCO[C@H]1CC[C@H](N2CCC(Nc3cc(C)ccc3N=O)CC2)[C@@H](CC)C1. The normalized spacial score (nSPS) is 26.9. The van der Waals surface area contributed by atoms with E-state index in [0.29, 0.717) is 23.9 Å². The highest BCUT2D eigenvalue weighted by Crippen LogP contribution is 2.35. The Morgan fingerprint density at radius 1 is 1.18 bits per heavy atom. The van der Waals surface area contributed by atoms with Crippen molar-refractivity contribution in [3.8, 4) is 0 Å². The van der Waals surface area contributed by atoms with Crippen molar-refractivity contribution in [1.29, 1.82) is 0 Å². The summed E-state index contributed by atoms with van der Waals surface area (Å²) in [6.07, 6.45) is 8.75. The van der Waals surface area contributed by atoms with Gasteiger partial charge in [0.1, 0.15) is 5.69 Å². The number of rotatable bonds is 8. The van der Waals surface area contributed by atoms with Crippen molar-refractivity contribution in [2.45, 2.75) is 83.9 Å². The third-order valence-electron chi connectivity index (χ3n) is 6.58. The maximum absolute atomic E-state index is 11.1. The van der Waals surface area contributed by atoms with Crippen LogP contribution in [0.3, 0.4) is 0 Å². The van der Waals surface area contributed by atoms with Crippen molar-refractivity contribution < 1.29 is 4.74 Å². The van der Waals surface area contributed by atoms with Crippen LogP contribution in [0.4, 0.5) is 11.4 Å². The first-order valence-corrected chi connectivity index (χ1v) is 11.2. The summed E-state index contributed by atoms with van der Waals surface area (Å²) >= 11 is 0. The molecule has 1 N–H and O–H groups in total. The van der Waals surface area contributed by atoms with Gasteiger partial charge in [0.25, 0.3) is 0 Å². The average molecular weight is 388 g/mol. The van der Waals surface area contributed by atoms with Crippen LogP contribution in [0.5, 0.6) is 0 Å². The topological polar surface area (TPSA) is 53.9 Å². The predicted molar refractivity (Wildman–Crippen MR) is 116 cm³/mol. The van der Waals surface area contributed by atoms with E-state index < -0.39 is 0 Å². The summed E-state index contributed by atoms with van der Waals surface area (Å²) in [5, 5.41) is 6.76. The Labute approximate surface area is 170 Å². The van der Waals surface area contributed by atoms with Crippen molar-refractivity contribution in [1.82, 2.24) is 4.90 Å². The van der Waals surface area contributed by atoms with Gasteiger partial charge in [-0.25, -0.2) is 0 Å². The van der Waals surface area contributed by atoms with Gasteiger partial charge in [-0.3, -0.25) is 4.90 Å². The number of likely N-dealkylation sites (tertiary alicyclic amines) is 1. The molecule has 1 saturated carbocycles. The molecule has 1 aromatic rings. The number of anilines is 1. The highest BCUT2D eigenvalue weighted by atomic mass is 16.5. The molecule has 1 saturated heterocycles. The zero-order chi connectivity index (χ0) is 19.9. The third kappa shape index (κ3) is 5.32. The van der Waals surface area contributed by atoms with Crippen molar-refractivity contribution >= 4 is 11.4 Å². The Kier molecular flexibility index (Phi) is 7.86. The minimum absolute atomic E-state index is 0.419. The molecule has 0 spiro atoms. The highest BCUT2D eigenvalue weighted by molar-refractivity contribution is 5.66. The fourth-order valence-corrected chi connectivity index (χ4v) is 5.00. The summed E-state index contributed by atoms with van der Waals surface area (Å²) in [6, 6.07) is 6.91. The third-order valence-corrected chi connectivity index (χ3v) is 6.58. The Morgan fingerprint density at radius 2 is 1.96 bits per heavy atom. The number of aryl methyl sites for hydroxylation is 1. The fourth-order valence-electron chi connectivity index (χ4n) is 5.00. The summed E-state index contributed by atoms with van der Waals surface area (Å²) in [5.41, 5.74) is 2.55. The number of hydrogen-bond acceptors (Lipinski definition) is 5. The molecule has 2 fully saturated rings. The van der Waals surface area contributed by atoms with E-state index >= 15 is 0 Å². The first-order chi connectivity index (χ1) is 13.6. The van der Waals surface area contributed by atoms with Crippen LogP contribution >= 0.6 is 0 Å². The van der Waals surface area contributed by atoms with E-state index in [-0.39, 0.29) is 0 Å². The molecule has 1 heterocycles. The zero-order valence-corrected chi connectivity index (χ0v) is 17.8. The van der Waals surface area contributed by atoms with Gasteiger partial charge in [0.15, 0.2) is 0 Å². The van der Waals surface area contributed by atoms with Crippen molar-refractivity contribution in [3.05, 3.63) is 28.7 Å². The largest absolute Gasteiger partial charge is 0.380 e. The van der Waals surface area contributed by atoms with Crippen LogP contribution in [0, 0.1) is 17.7 Å². The minimum Gasteiger partial charge on any atom is -0.380 e. The van der Waals surface area contributed by atoms with Crippen molar-refractivity contribution in [2.75, 3.05) is 25.0 Å². The van der Waals surface area contributed by atoms with Gasteiger partial charge in [-0.1, -0.05) is 26.3 Å². The van der Waals surface area contributed by atoms with Crippen LogP contribution < -0.4 is 5.32 Å². The molecule has 0 radical (unpaired) electrons. The molecule has 5 heteroatoms. The number of benzene rings is 1. The lowest BCUT2D eigenvalue weighted by Crippen LogP contribution is -2.50. The molecule has 1 aliphatic carbocycles.